The summed E-state index contributed by atoms with van der Waals surface area (Å²) >= 11 is 0. The van der Waals surface area contributed by atoms with E-state index in [1.165, 1.54) is 32.0 Å². The Kier molecular flexibility index (Phi) is 4.29. The van der Waals surface area contributed by atoms with Crippen molar-refractivity contribution in [2.24, 2.45) is 5.41 Å². The van der Waals surface area contributed by atoms with Crippen molar-refractivity contribution in [3.63, 3.8) is 0 Å². The number of rotatable bonds is 3. The van der Waals surface area contributed by atoms with Gasteiger partial charge in [-0.2, -0.15) is 0 Å². The van der Waals surface area contributed by atoms with Crippen LogP contribution in [0.25, 0.3) is 11.2 Å². The average Bonchev–Trinajstić information content (AvgIpc) is 3.18. The van der Waals surface area contributed by atoms with Gasteiger partial charge in [0.25, 0.3) is 0 Å². The molecule has 3 aliphatic rings. The highest BCUT2D eigenvalue weighted by molar-refractivity contribution is 5.81. The van der Waals surface area contributed by atoms with Crippen LogP contribution in [0.15, 0.2) is 12.7 Å². The molecule has 0 radical (unpaired) electrons. The van der Waals surface area contributed by atoms with Gasteiger partial charge in [-0.05, 0) is 26.4 Å². The molecule has 3 fully saturated rings. The number of hydrogen-bond donors (Lipinski definition) is 3. The minimum Gasteiger partial charge on any atom is -0.387 e. The third-order valence-corrected chi connectivity index (χ3v) is 6.41. The highest BCUT2D eigenvalue weighted by Crippen LogP contribution is 2.40. The fraction of sp³-hybridized carbons (Fsp3) is 0.722. The molecule has 0 bridgehead atoms. The van der Waals surface area contributed by atoms with E-state index in [2.05, 4.69) is 31.8 Å². The molecule has 5 heterocycles. The molecule has 0 amide bonds. The summed E-state index contributed by atoms with van der Waals surface area (Å²) in [5, 5.41) is 21.2. The first-order valence-electron chi connectivity index (χ1n) is 9.81. The number of imidazole rings is 1. The molecule has 4 atom stereocenters. The van der Waals surface area contributed by atoms with Gasteiger partial charge in [-0.1, -0.05) is 0 Å². The molecule has 3 aliphatic heterocycles. The molecule has 10 heteroatoms. The second-order valence-corrected chi connectivity index (χ2v) is 8.64. The maximum absolute atomic E-state index is 10.6. The van der Waals surface area contributed by atoms with E-state index in [9.17, 15) is 10.2 Å². The Morgan fingerprint density at radius 1 is 1.21 bits per heavy atom. The Labute approximate surface area is 162 Å². The molecule has 0 saturated carbocycles. The monoisotopic (exact) mass is 389 g/mol. The summed E-state index contributed by atoms with van der Waals surface area (Å²) in [4.78, 5) is 17.1. The SMILES string of the molecule is CN1CCCC2(C1)CN(C[C@H]1O[C@@H](n3cnc4c(N)ncnc43)[C@H](O)[C@@H]1O)C2. The number of likely N-dealkylation sites (tertiary alicyclic amines) is 2. The van der Waals surface area contributed by atoms with Gasteiger partial charge in [-0.3, -0.25) is 9.47 Å². The highest BCUT2D eigenvalue weighted by Gasteiger charge is 2.49. The summed E-state index contributed by atoms with van der Waals surface area (Å²) in [6.07, 6.45) is 2.13. The normalized spacial score (nSPS) is 33.5. The zero-order valence-electron chi connectivity index (χ0n) is 16.0. The van der Waals surface area contributed by atoms with Crippen LogP contribution in [0.5, 0.6) is 0 Å². The van der Waals surface area contributed by atoms with Crippen LogP contribution >= 0.6 is 0 Å². The number of nitrogen functional groups attached to an aromatic ring is 1. The number of aliphatic hydroxyl groups excluding tert-OH is 2. The van der Waals surface area contributed by atoms with Gasteiger partial charge in [-0.15, -0.1) is 0 Å². The van der Waals surface area contributed by atoms with Crippen molar-refractivity contribution in [1.82, 2.24) is 29.3 Å². The first-order chi connectivity index (χ1) is 13.5. The average molecular weight is 389 g/mol. The lowest BCUT2D eigenvalue weighted by atomic mass is 9.73. The van der Waals surface area contributed by atoms with Crippen molar-refractivity contribution in [3.8, 4) is 0 Å². The van der Waals surface area contributed by atoms with Crippen LogP contribution < -0.4 is 5.73 Å². The summed E-state index contributed by atoms with van der Waals surface area (Å²) in [6, 6.07) is 0. The van der Waals surface area contributed by atoms with E-state index in [4.69, 9.17) is 10.5 Å². The lowest BCUT2D eigenvalue weighted by Gasteiger charge is -2.54. The zero-order valence-corrected chi connectivity index (χ0v) is 16.0. The highest BCUT2D eigenvalue weighted by atomic mass is 16.6. The summed E-state index contributed by atoms with van der Waals surface area (Å²) in [7, 11) is 2.18. The Hall–Kier alpha value is -1.85. The minimum atomic E-state index is -1.06. The smallest absolute Gasteiger partial charge is 0.167 e. The first kappa shape index (κ1) is 18.2. The molecule has 0 unspecified atom stereocenters. The Morgan fingerprint density at radius 3 is 2.82 bits per heavy atom. The van der Waals surface area contributed by atoms with Crippen molar-refractivity contribution < 1.29 is 14.9 Å². The molecule has 5 rings (SSSR count). The summed E-state index contributed by atoms with van der Waals surface area (Å²) < 4.78 is 7.67. The van der Waals surface area contributed by atoms with Crippen LogP contribution in [-0.4, -0.2) is 97.6 Å². The molecular weight excluding hydrogens is 362 g/mol. The predicted molar refractivity (Wildman–Crippen MR) is 101 cm³/mol. The molecule has 1 spiro atoms. The molecule has 0 aliphatic carbocycles. The number of fused-ring (bicyclic) bond motifs is 1. The maximum Gasteiger partial charge on any atom is 0.167 e. The molecular formula is C18H27N7O3. The van der Waals surface area contributed by atoms with Crippen LogP contribution in [0.1, 0.15) is 19.1 Å². The first-order valence-corrected chi connectivity index (χ1v) is 9.81. The van der Waals surface area contributed by atoms with E-state index in [0.717, 1.165) is 19.6 Å². The number of hydrogen-bond acceptors (Lipinski definition) is 9. The second kappa shape index (κ2) is 6.60. The molecule has 4 N–H and O–H groups in total. The van der Waals surface area contributed by atoms with Gasteiger partial charge in [0.2, 0.25) is 0 Å². The fourth-order valence-corrected chi connectivity index (χ4v) is 5.16. The van der Waals surface area contributed by atoms with Gasteiger partial charge in [0.05, 0.1) is 6.33 Å². The number of piperidine rings is 1. The molecule has 2 aromatic rings. The molecule has 28 heavy (non-hydrogen) atoms. The van der Waals surface area contributed by atoms with Crippen LogP contribution in [0.3, 0.4) is 0 Å². The molecule has 152 valence electrons. The van der Waals surface area contributed by atoms with Gasteiger partial charge >= 0.3 is 0 Å². The predicted octanol–water partition coefficient (Wildman–Crippen LogP) is -0.945. The van der Waals surface area contributed by atoms with Gasteiger partial charge in [0, 0.05) is 31.6 Å². The lowest BCUT2D eigenvalue weighted by Crippen LogP contribution is -2.63. The summed E-state index contributed by atoms with van der Waals surface area (Å²) in [5.41, 5.74) is 7.16. The maximum atomic E-state index is 10.6. The molecule has 10 nitrogen and oxygen atoms in total. The second-order valence-electron chi connectivity index (χ2n) is 8.64. The number of aromatic nitrogens is 4. The largest absolute Gasteiger partial charge is 0.387 e. The van der Waals surface area contributed by atoms with E-state index < -0.39 is 24.5 Å². The van der Waals surface area contributed by atoms with E-state index in [1.807, 2.05) is 0 Å². The zero-order chi connectivity index (χ0) is 19.5. The standard InChI is InChI=1S/C18H27N7O3/c1-23-4-2-3-18(6-23)7-24(8-18)5-11-13(26)14(27)17(28-11)25-10-22-12-15(19)20-9-21-16(12)25/h9-11,13-14,17,26-27H,2-8H2,1H3,(H2,19,20,21)/t11-,13-,14-,17-/m1/s1. The Balaban J connectivity index is 1.27. The Bertz CT molecular complexity index is 868. The van der Waals surface area contributed by atoms with Crippen molar-refractivity contribution in [2.75, 3.05) is 45.5 Å². The van der Waals surface area contributed by atoms with Crippen molar-refractivity contribution >= 4 is 17.0 Å². The van der Waals surface area contributed by atoms with E-state index >= 15 is 0 Å². The van der Waals surface area contributed by atoms with Crippen LogP contribution in [0.2, 0.25) is 0 Å². The Morgan fingerprint density at radius 2 is 2.04 bits per heavy atom. The topological polar surface area (TPSA) is 126 Å². The van der Waals surface area contributed by atoms with Crippen molar-refractivity contribution in [2.45, 2.75) is 37.4 Å². The minimum absolute atomic E-state index is 0.275. The fourth-order valence-electron chi connectivity index (χ4n) is 5.16. The summed E-state index contributed by atoms with van der Waals surface area (Å²) in [6.45, 7) is 4.94. The molecule has 2 aromatic heterocycles. The molecule has 0 aromatic carbocycles. The van der Waals surface area contributed by atoms with Gasteiger partial charge in [0.1, 0.15) is 30.2 Å². The lowest BCUT2D eigenvalue weighted by molar-refractivity contribution is -0.0929. The van der Waals surface area contributed by atoms with Crippen LogP contribution in [0.4, 0.5) is 5.82 Å². The number of aliphatic hydroxyl groups is 2. The third kappa shape index (κ3) is 2.87. The van der Waals surface area contributed by atoms with Gasteiger partial charge in [0.15, 0.2) is 17.7 Å². The van der Waals surface area contributed by atoms with E-state index in [-0.39, 0.29) is 5.82 Å². The van der Waals surface area contributed by atoms with Crippen LogP contribution in [-0.2, 0) is 4.74 Å². The number of nitrogens with two attached hydrogens (primary N) is 1. The van der Waals surface area contributed by atoms with Crippen molar-refractivity contribution in [3.05, 3.63) is 12.7 Å². The number of nitrogens with zero attached hydrogens (tertiary/aromatic N) is 6. The number of ether oxygens (including phenoxy) is 1. The summed E-state index contributed by atoms with van der Waals surface area (Å²) in [5.74, 6) is 0.275. The van der Waals surface area contributed by atoms with E-state index in [1.54, 1.807) is 4.57 Å². The quantitative estimate of drug-likeness (QED) is 0.609. The van der Waals surface area contributed by atoms with Gasteiger partial charge < -0.3 is 25.6 Å². The van der Waals surface area contributed by atoms with Crippen molar-refractivity contribution in [1.29, 1.82) is 0 Å². The van der Waals surface area contributed by atoms with E-state index in [0.29, 0.717) is 23.1 Å². The molecule has 3 saturated heterocycles. The van der Waals surface area contributed by atoms with Gasteiger partial charge in [-0.25, -0.2) is 15.0 Å². The number of anilines is 1. The van der Waals surface area contributed by atoms with Crippen LogP contribution in [0, 0.1) is 5.41 Å². The third-order valence-electron chi connectivity index (χ3n) is 6.41.